The van der Waals surface area contributed by atoms with Crippen LogP contribution in [0.15, 0.2) is 47.7 Å². The normalized spacial score (nSPS) is 20.7. The molecular weight excluding hydrogens is 372 g/mol. The van der Waals surface area contributed by atoms with Crippen molar-refractivity contribution in [1.82, 2.24) is 25.1 Å². The second-order valence-electron chi connectivity index (χ2n) is 8.53. The van der Waals surface area contributed by atoms with Crippen LogP contribution in [0.4, 0.5) is 0 Å². The van der Waals surface area contributed by atoms with Crippen LogP contribution in [0.25, 0.3) is 0 Å². The van der Waals surface area contributed by atoms with Crippen LogP contribution in [0.2, 0.25) is 0 Å². The van der Waals surface area contributed by atoms with Gasteiger partial charge >= 0.3 is 0 Å². The van der Waals surface area contributed by atoms with Gasteiger partial charge in [-0.15, -0.1) is 0 Å². The molecule has 6 heteroatoms. The lowest BCUT2D eigenvalue weighted by Gasteiger charge is -2.24. The van der Waals surface area contributed by atoms with Gasteiger partial charge in [0.25, 0.3) is 0 Å². The van der Waals surface area contributed by atoms with E-state index in [-0.39, 0.29) is 0 Å². The highest BCUT2D eigenvalue weighted by molar-refractivity contribution is 5.80. The summed E-state index contributed by atoms with van der Waals surface area (Å²) in [6.45, 7) is 6.98. The molecular formula is C24H36N6. The zero-order chi connectivity index (χ0) is 20.6. The zero-order valence-electron chi connectivity index (χ0n) is 18.3. The predicted octanol–water partition coefficient (Wildman–Crippen LogP) is 3.05. The summed E-state index contributed by atoms with van der Waals surface area (Å²) in [5.41, 5.74) is 1.29. The summed E-state index contributed by atoms with van der Waals surface area (Å²) < 4.78 is 2.22. The summed E-state index contributed by atoms with van der Waals surface area (Å²) >= 11 is 0. The molecule has 1 aromatic carbocycles. The van der Waals surface area contributed by atoms with Gasteiger partial charge in [-0.3, -0.25) is 9.89 Å². The molecule has 1 aliphatic carbocycles. The van der Waals surface area contributed by atoms with Gasteiger partial charge in [0.05, 0.1) is 0 Å². The molecule has 1 saturated carbocycles. The smallest absolute Gasteiger partial charge is 0.191 e. The van der Waals surface area contributed by atoms with Crippen molar-refractivity contribution in [1.29, 1.82) is 0 Å². The number of hydrogen-bond acceptors (Lipinski definition) is 3. The van der Waals surface area contributed by atoms with Crippen molar-refractivity contribution >= 4 is 5.96 Å². The van der Waals surface area contributed by atoms with Crippen molar-refractivity contribution in [3.8, 4) is 0 Å². The van der Waals surface area contributed by atoms with E-state index >= 15 is 0 Å². The SMILES string of the molecule is CCNC(=NCCc1nccn1Cc1ccccc1)NC1CCN(C2CCCC2)C1. The summed E-state index contributed by atoms with van der Waals surface area (Å²) in [7, 11) is 0. The lowest BCUT2D eigenvalue weighted by molar-refractivity contribution is 0.242. The Morgan fingerprint density at radius 1 is 1.17 bits per heavy atom. The van der Waals surface area contributed by atoms with Gasteiger partial charge in [-0.05, 0) is 31.7 Å². The maximum Gasteiger partial charge on any atom is 0.191 e. The molecule has 2 N–H and O–H groups in total. The maximum absolute atomic E-state index is 4.85. The molecule has 2 aliphatic rings. The minimum Gasteiger partial charge on any atom is -0.357 e. The van der Waals surface area contributed by atoms with Crippen molar-refractivity contribution in [2.45, 2.75) is 64.1 Å². The number of aromatic nitrogens is 2. The molecule has 1 aliphatic heterocycles. The monoisotopic (exact) mass is 408 g/mol. The fraction of sp³-hybridized carbons (Fsp3) is 0.583. The molecule has 0 amide bonds. The Morgan fingerprint density at radius 3 is 2.80 bits per heavy atom. The van der Waals surface area contributed by atoms with Crippen LogP contribution in [0.3, 0.4) is 0 Å². The number of aliphatic imine (C=N–C) groups is 1. The van der Waals surface area contributed by atoms with Gasteiger partial charge in [-0.2, -0.15) is 0 Å². The first-order valence-corrected chi connectivity index (χ1v) is 11.6. The first kappa shape index (κ1) is 20.9. The Balaban J connectivity index is 1.29. The zero-order valence-corrected chi connectivity index (χ0v) is 18.3. The first-order chi connectivity index (χ1) is 14.8. The minimum absolute atomic E-state index is 0.503. The Labute approximate surface area is 180 Å². The summed E-state index contributed by atoms with van der Waals surface area (Å²) in [5, 5.41) is 7.10. The summed E-state index contributed by atoms with van der Waals surface area (Å²) in [6, 6.07) is 11.9. The molecule has 2 fully saturated rings. The number of rotatable bonds is 8. The molecule has 4 rings (SSSR count). The molecule has 162 valence electrons. The van der Waals surface area contributed by atoms with Crippen molar-refractivity contribution in [3.63, 3.8) is 0 Å². The number of benzene rings is 1. The van der Waals surface area contributed by atoms with Gasteiger partial charge in [-0.25, -0.2) is 4.98 Å². The van der Waals surface area contributed by atoms with E-state index in [0.717, 1.165) is 50.4 Å². The van der Waals surface area contributed by atoms with Gasteiger partial charge in [-0.1, -0.05) is 43.2 Å². The minimum atomic E-state index is 0.503. The number of likely N-dealkylation sites (tertiary alicyclic amines) is 1. The first-order valence-electron chi connectivity index (χ1n) is 11.6. The standard InChI is InChI=1S/C24H36N6/c1-2-25-24(28-21-13-16-29(19-21)22-10-6-7-11-22)27-14-12-23-26-15-17-30(23)18-20-8-4-3-5-9-20/h3-5,8-9,15,17,21-22H,2,6-7,10-14,16,18-19H2,1H3,(H2,25,27,28). The summed E-state index contributed by atoms with van der Waals surface area (Å²) in [5.74, 6) is 2.03. The van der Waals surface area contributed by atoms with E-state index in [9.17, 15) is 0 Å². The van der Waals surface area contributed by atoms with E-state index in [4.69, 9.17) is 4.99 Å². The third-order valence-corrected chi connectivity index (χ3v) is 6.35. The van der Waals surface area contributed by atoms with E-state index in [1.165, 1.54) is 44.2 Å². The molecule has 0 radical (unpaired) electrons. The van der Waals surface area contributed by atoms with Gasteiger partial charge in [0.2, 0.25) is 0 Å². The highest BCUT2D eigenvalue weighted by Gasteiger charge is 2.30. The van der Waals surface area contributed by atoms with E-state index in [2.05, 4.69) is 68.5 Å². The van der Waals surface area contributed by atoms with Crippen LogP contribution >= 0.6 is 0 Å². The van der Waals surface area contributed by atoms with Crippen molar-refractivity contribution < 1.29 is 0 Å². The number of nitrogens with zero attached hydrogens (tertiary/aromatic N) is 4. The summed E-state index contributed by atoms with van der Waals surface area (Å²) in [4.78, 5) is 12.1. The van der Waals surface area contributed by atoms with Crippen LogP contribution in [0, 0.1) is 0 Å². The largest absolute Gasteiger partial charge is 0.357 e. The van der Waals surface area contributed by atoms with Crippen LogP contribution in [-0.4, -0.2) is 58.7 Å². The Morgan fingerprint density at radius 2 is 2.00 bits per heavy atom. The molecule has 0 bridgehead atoms. The molecule has 6 nitrogen and oxygen atoms in total. The van der Waals surface area contributed by atoms with E-state index < -0.39 is 0 Å². The van der Waals surface area contributed by atoms with E-state index in [1.807, 2.05) is 6.20 Å². The van der Waals surface area contributed by atoms with E-state index in [1.54, 1.807) is 0 Å². The van der Waals surface area contributed by atoms with Crippen molar-refractivity contribution in [2.24, 2.45) is 4.99 Å². The molecule has 2 aromatic rings. The van der Waals surface area contributed by atoms with Gasteiger partial charge in [0.1, 0.15) is 5.82 Å². The molecule has 2 heterocycles. The van der Waals surface area contributed by atoms with E-state index in [0.29, 0.717) is 6.04 Å². The average Bonchev–Trinajstić information content (AvgIpc) is 3.51. The van der Waals surface area contributed by atoms with Gasteiger partial charge in [0, 0.05) is 63.6 Å². The average molecular weight is 409 g/mol. The van der Waals surface area contributed by atoms with Crippen molar-refractivity contribution in [3.05, 3.63) is 54.1 Å². The fourth-order valence-corrected chi connectivity index (χ4v) is 4.78. The van der Waals surface area contributed by atoms with Crippen LogP contribution in [0.5, 0.6) is 0 Å². The third-order valence-electron chi connectivity index (χ3n) is 6.35. The topological polar surface area (TPSA) is 57.5 Å². The molecule has 1 unspecified atom stereocenters. The highest BCUT2D eigenvalue weighted by atomic mass is 15.3. The Hall–Kier alpha value is -2.34. The lowest BCUT2D eigenvalue weighted by Crippen LogP contribution is -2.45. The second-order valence-corrected chi connectivity index (χ2v) is 8.53. The second kappa shape index (κ2) is 10.6. The molecule has 30 heavy (non-hydrogen) atoms. The van der Waals surface area contributed by atoms with Crippen molar-refractivity contribution in [2.75, 3.05) is 26.2 Å². The highest BCUT2D eigenvalue weighted by Crippen LogP contribution is 2.26. The van der Waals surface area contributed by atoms with Crippen LogP contribution < -0.4 is 10.6 Å². The van der Waals surface area contributed by atoms with Gasteiger partial charge in [0.15, 0.2) is 5.96 Å². The lowest BCUT2D eigenvalue weighted by atomic mass is 10.2. The van der Waals surface area contributed by atoms with Gasteiger partial charge < -0.3 is 15.2 Å². The fourth-order valence-electron chi connectivity index (χ4n) is 4.78. The molecule has 0 spiro atoms. The number of guanidine groups is 1. The predicted molar refractivity (Wildman–Crippen MR) is 123 cm³/mol. The maximum atomic E-state index is 4.85. The molecule has 1 atom stereocenters. The number of nitrogens with one attached hydrogen (secondary N) is 2. The Bertz CT molecular complexity index is 793. The Kier molecular flexibility index (Phi) is 7.40. The van der Waals surface area contributed by atoms with Crippen LogP contribution in [0.1, 0.15) is 50.4 Å². The molecule has 1 saturated heterocycles. The molecule has 1 aromatic heterocycles. The third kappa shape index (κ3) is 5.63. The number of hydrogen-bond donors (Lipinski definition) is 2. The summed E-state index contributed by atoms with van der Waals surface area (Å²) in [6.07, 6.45) is 11.6. The van der Waals surface area contributed by atoms with Crippen LogP contribution in [-0.2, 0) is 13.0 Å². The number of imidazole rings is 1. The quantitative estimate of drug-likeness (QED) is 0.521.